The van der Waals surface area contributed by atoms with E-state index in [1.807, 2.05) is 7.05 Å². The zero-order valence-electron chi connectivity index (χ0n) is 10.8. The summed E-state index contributed by atoms with van der Waals surface area (Å²) in [6.45, 7) is 2.06. The topological polar surface area (TPSA) is 65.4 Å². The van der Waals surface area contributed by atoms with Gasteiger partial charge in [0.25, 0.3) is 5.56 Å². The molecule has 0 amide bonds. The molecule has 1 aliphatic rings. The predicted octanol–water partition coefficient (Wildman–Crippen LogP) is -0.124. The van der Waals surface area contributed by atoms with Crippen LogP contribution in [-0.2, 0) is 11.3 Å². The monoisotopic (exact) mass is 253 g/mol. The minimum atomic E-state index is -0.116. The number of hydrogen-bond donors (Lipinski definition) is 1. The maximum atomic E-state index is 11.7. The third kappa shape index (κ3) is 2.88. The van der Waals surface area contributed by atoms with E-state index in [0.717, 1.165) is 19.6 Å². The van der Waals surface area contributed by atoms with Gasteiger partial charge in [0.05, 0.1) is 20.3 Å². The molecule has 6 heteroatoms. The van der Waals surface area contributed by atoms with Gasteiger partial charge in [-0.1, -0.05) is 0 Å². The van der Waals surface area contributed by atoms with E-state index in [2.05, 4.69) is 10.4 Å². The molecule has 1 N–H and O–H groups in total. The van der Waals surface area contributed by atoms with Crippen LogP contribution in [0.2, 0.25) is 0 Å². The van der Waals surface area contributed by atoms with Crippen molar-refractivity contribution in [3.63, 3.8) is 0 Å². The molecule has 0 spiro atoms. The Morgan fingerprint density at radius 1 is 1.67 bits per heavy atom. The molecule has 2 rings (SSSR count). The van der Waals surface area contributed by atoms with Crippen LogP contribution in [0, 0.1) is 5.92 Å². The van der Waals surface area contributed by atoms with Gasteiger partial charge in [-0.2, -0.15) is 0 Å². The molecule has 100 valence electrons. The zero-order chi connectivity index (χ0) is 13.0. The highest BCUT2D eigenvalue weighted by molar-refractivity contribution is 5.06. The van der Waals surface area contributed by atoms with E-state index in [4.69, 9.17) is 9.47 Å². The van der Waals surface area contributed by atoms with Crippen molar-refractivity contribution in [2.45, 2.75) is 19.0 Å². The van der Waals surface area contributed by atoms with Gasteiger partial charge in [0.1, 0.15) is 0 Å². The van der Waals surface area contributed by atoms with Crippen LogP contribution in [0.25, 0.3) is 0 Å². The highest BCUT2D eigenvalue weighted by atomic mass is 16.5. The molecule has 0 aromatic carbocycles. The van der Waals surface area contributed by atoms with E-state index >= 15 is 0 Å². The van der Waals surface area contributed by atoms with E-state index < -0.39 is 0 Å². The van der Waals surface area contributed by atoms with Gasteiger partial charge < -0.3 is 14.8 Å². The van der Waals surface area contributed by atoms with Crippen molar-refractivity contribution < 1.29 is 9.47 Å². The first-order chi connectivity index (χ1) is 8.74. The van der Waals surface area contributed by atoms with Crippen molar-refractivity contribution in [2.75, 3.05) is 27.4 Å². The molecule has 1 saturated heterocycles. The fourth-order valence-corrected chi connectivity index (χ4v) is 2.20. The molecule has 1 aromatic rings. The highest BCUT2D eigenvalue weighted by Crippen LogP contribution is 2.17. The fourth-order valence-electron chi connectivity index (χ4n) is 2.20. The average Bonchev–Trinajstić information content (AvgIpc) is 2.91. The van der Waals surface area contributed by atoms with Crippen LogP contribution in [0.1, 0.15) is 6.42 Å². The van der Waals surface area contributed by atoms with Gasteiger partial charge in [-0.15, -0.1) is 5.10 Å². The van der Waals surface area contributed by atoms with Gasteiger partial charge in [-0.3, -0.25) is 4.79 Å². The summed E-state index contributed by atoms with van der Waals surface area (Å²) in [5.74, 6) is 0.877. The number of nitrogens with one attached hydrogen (secondary N) is 1. The molecular formula is C12H19N3O3. The lowest BCUT2D eigenvalue weighted by atomic mass is 9.99. The summed E-state index contributed by atoms with van der Waals surface area (Å²) in [7, 11) is 3.44. The van der Waals surface area contributed by atoms with Gasteiger partial charge in [-0.25, -0.2) is 4.68 Å². The SMILES string of the molecule is CNC(Cn1nc(OC)ccc1=O)C1CCOC1. The van der Waals surface area contributed by atoms with Gasteiger partial charge in [-0.05, 0) is 13.5 Å². The highest BCUT2D eigenvalue weighted by Gasteiger charge is 2.25. The summed E-state index contributed by atoms with van der Waals surface area (Å²) >= 11 is 0. The molecule has 6 nitrogen and oxygen atoms in total. The molecule has 18 heavy (non-hydrogen) atoms. The Morgan fingerprint density at radius 2 is 2.50 bits per heavy atom. The first-order valence-electron chi connectivity index (χ1n) is 6.11. The van der Waals surface area contributed by atoms with Gasteiger partial charge in [0.15, 0.2) is 0 Å². The molecule has 0 saturated carbocycles. The number of methoxy groups -OCH3 is 1. The standard InChI is InChI=1S/C12H19N3O3/c1-13-10(9-5-6-18-8-9)7-15-12(16)4-3-11(14-15)17-2/h3-4,9-10,13H,5-8H2,1-2H3. The van der Waals surface area contributed by atoms with E-state index in [1.165, 1.54) is 17.9 Å². The van der Waals surface area contributed by atoms with Crippen LogP contribution in [-0.4, -0.2) is 43.2 Å². The second-order valence-corrected chi connectivity index (χ2v) is 4.41. The summed E-state index contributed by atoms with van der Waals surface area (Å²) in [4.78, 5) is 11.7. The Morgan fingerprint density at radius 3 is 3.11 bits per heavy atom. The zero-order valence-corrected chi connectivity index (χ0v) is 10.8. The number of likely N-dealkylation sites (N-methyl/N-ethyl adjacent to an activating group) is 1. The normalized spacial score (nSPS) is 20.9. The van der Waals surface area contributed by atoms with Crippen LogP contribution in [0.4, 0.5) is 0 Å². The predicted molar refractivity (Wildman–Crippen MR) is 66.8 cm³/mol. The Balaban J connectivity index is 2.13. The molecule has 1 aliphatic heterocycles. The number of ether oxygens (including phenoxy) is 2. The third-order valence-electron chi connectivity index (χ3n) is 3.33. The van der Waals surface area contributed by atoms with Gasteiger partial charge in [0.2, 0.25) is 5.88 Å². The Kier molecular flexibility index (Phi) is 4.33. The number of aromatic nitrogens is 2. The van der Waals surface area contributed by atoms with E-state index in [-0.39, 0.29) is 11.6 Å². The second kappa shape index (κ2) is 5.97. The minimum Gasteiger partial charge on any atom is -0.480 e. The summed E-state index contributed by atoms with van der Waals surface area (Å²) in [5, 5.41) is 7.39. The Hall–Kier alpha value is -1.40. The second-order valence-electron chi connectivity index (χ2n) is 4.41. The molecule has 0 bridgehead atoms. The van der Waals surface area contributed by atoms with E-state index in [0.29, 0.717) is 18.3 Å². The van der Waals surface area contributed by atoms with Crippen molar-refractivity contribution >= 4 is 0 Å². The van der Waals surface area contributed by atoms with Crippen molar-refractivity contribution in [1.82, 2.24) is 15.1 Å². The summed E-state index contributed by atoms with van der Waals surface area (Å²) in [6.07, 6.45) is 1.02. The van der Waals surface area contributed by atoms with Crippen LogP contribution in [0.15, 0.2) is 16.9 Å². The average molecular weight is 253 g/mol. The Labute approximate surface area is 106 Å². The smallest absolute Gasteiger partial charge is 0.267 e. The molecule has 0 aliphatic carbocycles. The van der Waals surface area contributed by atoms with E-state index in [1.54, 1.807) is 6.07 Å². The molecule has 0 radical (unpaired) electrons. The lowest BCUT2D eigenvalue weighted by Crippen LogP contribution is -2.41. The third-order valence-corrected chi connectivity index (χ3v) is 3.33. The number of nitrogens with zero attached hydrogens (tertiary/aromatic N) is 2. The molecule has 1 fully saturated rings. The molecule has 1 aromatic heterocycles. The van der Waals surface area contributed by atoms with Crippen LogP contribution in [0.3, 0.4) is 0 Å². The number of hydrogen-bond acceptors (Lipinski definition) is 5. The van der Waals surface area contributed by atoms with Crippen LogP contribution >= 0.6 is 0 Å². The summed E-state index contributed by atoms with van der Waals surface area (Å²) in [6, 6.07) is 3.24. The first-order valence-corrected chi connectivity index (χ1v) is 6.11. The van der Waals surface area contributed by atoms with E-state index in [9.17, 15) is 4.79 Å². The van der Waals surface area contributed by atoms with Gasteiger partial charge >= 0.3 is 0 Å². The number of rotatable bonds is 5. The largest absolute Gasteiger partial charge is 0.480 e. The fraction of sp³-hybridized carbons (Fsp3) is 0.667. The molecular weight excluding hydrogens is 234 g/mol. The van der Waals surface area contributed by atoms with Crippen LogP contribution in [0.5, 0.6) is 5.88 Å². The lowest BCUT2D eigenvalue weighted by molar-refractivity contribution is 0.173. The maximum absolute atomic E-state index is 11.7. The molecule has 2 unspecified atom stereocenters. The maximum Gasteiger partial charge on any atom is 0.267 e. The van der Waals surface area contributed by atoms with Crippen molar-refractivity contribution in [3.05, 3.63) is 22.5 Å². The first kappa shape index (κ1) is 13.0. The van der Waals surface area contributed by atoms with Crippen molar-refractivity contribution in [2.24, 2.45) is 5.92 Å². The minimum absolute atomic E-state index is 0.116. The summed E-state index contributed by atoms with van der Waals surface area (Å²) < 4.78 is 11.9. The Bertz CT molecular complexity index is 440. The van der Waals surface area contributed by atoms with Crippen molar-refractivity contribution in [1.29, 1.82) is 0 Å². The lowest BCUT2D eigenvalue weighted by Gasteiger charge is -2.22. The quantitative estimate of drug-likeness (QED) is 0.792. The van der Waals surface area contributed by atoms with Crippen LogP contribution < -0.4 is 15.6 Å². The van der Waals surface area contributed by atoms with Gasteiger partial charge in [0, 0.05) is 30.7 Å². The molecule has 2 heterocycles. The molecule has 2 atom stereocenters. The van der Waals surface area contributed by atoms with Crippen molar-refractivity contribution in [3.8, 4) is 5.88 Å². The summed E-state index contributed by atoms with van der Waals surface area (Å²) in [5.41, 5.74) is -0.116.